The van der Waals surface area contributed by atoms with E-state index in [-0.39, 0.29) is 236 Å². The van der Waals surface area contributed by atoms with Crippen molar-refractivity contribution in [3.63, 3.8) is 0 Å². The van der Waals surface area contributed by atoms with Gasteiger partial charge < -0.3 is 29.4 Å². The Kier molecular flexibility index (Phi) is 60.9. The molecular formula is H14Na8O14P4. The molecule has 0 aliphatic rings. The van der Waals surface area contributed by atoms with Crippen molar-refractivity contribution >= 4 is 268 Å². The van der Waals surface area contributed by atoms with Crippen LogP contribution in [0.25, 0.3) is 0 Å². The minimum atomic E-state index is -5.63. The van der Waals surface area contributed by atoms with Gasteiger partial charge in [-0.2, -0.15) is 8.62 Å². The Balaban J connectivity index is -0.0000000516. The van der Waals surface area contributed by atoms with Crippen LogP contribution < -0.4 is 0 Å². The monoisotopic (exact) mass is 546 g/mol. The Hall–Kier alpha value is 8.52. The van der Waals surface area contributed by atoms with Crippen LogP contribution in [0.15, 0.2) is 0 Å². The Bertz CT molecular complexity index is 437. The second-order valence-corrected chi connectivity index (χ2v) is 7.67. The number of hydrogen-bond donors (Lipinski definition) is 6. The summed E-state index contributed by atoms with van der Waals surface area (Å²) in [5.41, 5.74) is 0. The molecule has 6 N–H and O–H groups in total. The van der Waals surface area contributed by atoms with Gasteiger partial charge in [0.25, 0.3) is 0 Å². The molecule has 26 heavy (non-hydrogen) atoms. The molecule has 2 unspecified atom stereocenters. The van der Waals surface area contributed by atoms with Crippen LogP contribution in [0.1, 0.15) is 0 Å². The molecule has 0 aliphatic carbocycles. The van der Waals surface area contributed by atoms with Crippen LogP contribution in [-0.2, 0) is 36.2 Å². The van der Waals surface area contributed by atoms with Crippen LogP contribution in [0, 0.1) is 0 Å². The topological polar surface area (TPSA) is 227 Å². The van der Waals surface area contributed by atoms with Gasteiger partial charge in [0.2, 0.25) is 0 Å². The summed E-state index contributed by atoms with van der Waals surface area (Å²) in [5.74, 6) is 0. The van der Waals surface area contributed by atoms with Gasteiger partial charge in [-0.3, -0.25) is 0 Å². The average Bonchev–Trinajstić information content (AvgIpc) is 1.91. The van der Waals surface area contributed by atoms with Gasteiger partial charge in [0.15, 0.2) is 0 Å². The summed E-state index contributed by atoms with van der Waals surface area (Å²) in [6, 6.07) is 0. The van der Waals surface area contributed by atoms with Gasteiger partial charge >= 0.3 is 268 Å². The van der Waals surface area contributed by atoms with E-state index in [9.17, 15) is 18.3 Å². The summed E-state index contributed by atoms with van der Waals surface area (Å²) in [6.07, 6.45) is 0. The molecule has 0 rings (SSSR count). The van der Waals surface area contributed by atoms with Crippen LogP contribution in [-0.4, -0.2) is 266 Å². The summed E-state index contributed by atoms with van der Waals surface area (Å²) in [4.78, 5) is 49.5. The summed E-state index contributed by atoms with van der Waals surface area (Å²) >= 11 is 0. The number of rotatable bonds is 7. The Morgan fingerprint density at radius 3 is 0.692 bits per heavy atom. The van der Waals surface area contributed by atoms with Crippen LogP contribution >= 0.6 is 31.3 Å². The standard InChI is InChI=1S/8Na.H6O14P4.8H/c;;;;;;;;1-15(2,3)13-17(7,8)11-12-18(9,10)14-16(4,5)6;;;;;;;;/h;;;;;;;;(H,7,8)(H,9,10)(H2,1,2,3)(H2,4,5,6);;;;;;;;. The normalized spacial score (nSPS) is 13.9. The van der Waals surface area contributed by atoms with Crippen molar-refractivity contribution in [3.05, 3.63) is 0 Å². The first-order valence-electron chi connectivity index (χ1n) is 3.19. The number of hydrogen-bond acceptors (Lipinski definition) is 8. The predicted molar refractivity (Wildman–Crippen MR) is 105 cm³/mol. The molecule has 0 saturated carbocycles. The molecule has 0 radical (unpaired) electrons. The molecule has 126 valence electrons. The van der Waals surface area contributed by atoms with E-state index >= 15 is 0 Å². The van der Waals surface area contributed by atoms with E-state index in [4.69, 9.17) is 29.4 Å². The number of phosphoric acid groups is 4. The maximum atomic E-state index is 10.7. The zero-order valence-electron chi connectivity index (χ0n) is 7.74. The summed E-state index contributed by atoms with van der Waals surface area (Å²) < 4.78 is 54.0. The van der Waals surface area contributed by atoms with Crippen molar-refractivity contribution in [2.45, 2.75) is 0 Å². The zero-order valence-corrected chi connectivity index (χ0v) is 11.3. The van der Waals surface area contributed by atoms with Gasteiger partial charge in [-0.15, -0.1) is 9.35 Å². The summed E-state index contributed by atoms with van der Waals surface area (Å²) in [5, 5.41) is 0. The molecule has 0 spiro atoms. The minimum absolute atomic E-state index is 0. The molecular weight excluding hydrogens is 532 g/mol. The van der Waals surface area contributed by atoms with Crippen molar-refractivity contribution in [3.8, 4) is 0 Å². The first-order chi connectivity index (χ1) is 7.62. The maximum absolute atomic E-state index is 10.7. The average molecular weight is 546 g/mol. The molecule has 2 atom stereocenters. The Morgan fingerprint density at radius 1 is 0.423 bits per heavy atom. The van der Waals surface area contributed by atoms with Crippen molar-refractivity contribution in [1.82, 2.24) is 0 Å². The summed E-state index contributed by atoms with van der Waals surface area (Å²) in [6.45, 7) is 0. The van der Waals surface area contributed by atoms with E-state index in [1.165, 1.54) is 0 Å². The van der Waals surface area contributed by atoms with Gasteiger partial charge in [-0.1, -0.05) is 0 Å². The Labute approximate surface area is 325 Å². The van der Waals surface area contributed by atoms with Crippen LogP contribution in [0.3, 0.4) is 0 Å². The third-order valence-corrected chi connectivity index (χ3v) is 4.64. The third-order valence-electron chi connectivity index (χ3n) is 0.641. The van der Waals surface area contributed by atoms with Crippen molar-refractivity contribution in [2.75, 3.05) is 0 Å². The van der Waals surface area contributed by atoms with Gasteiger partial charge in [0.1, 0.15) is 0 Å². The van der Waals surface area contributed by atoms with Gasteiger partial charge in [0.05, 0.1) is 0 Å². The fraction of sp³-hybridized carbons (Fsp3) is 0. The van der Waals surface area contributed by atoms with Gasteiger partial charge in [0, 0.05) is 0 Å². The fourth-order valence-corrected chi connectivity index (χ4v) is 3.42. The van der Waals surface area contributed by atoms with Crippen LogP contribution in [0.5, 0.6) is 0 Å². The second-order valence-electron chi connectivity index (χ2n) is 2.23. The van der Waals surface area contributed by atoms with Crippen LogP contribution in [0.4, 0.5) is 0 Å². The van der Waals surface area contributed by atoms with E-state index in [1.54, 1.807) is 0 Å². The van der Waals surface area contributed by atoms with Crippen LogP contribution in [0.2, 0.25) is 0 Å². The SMILES string of the molecule is O=P(O)(O)OP(=O)(O)OOP(=O)(O)OP(=O)(O)O.[NaH].[NaH].[NaH].[NaH].[NaH].[NaH].[NaH].[NaH]. The zero-order chi connectivity index (χ0) is 14.8. The van der Waals surface area contributed by atoms with E-state index < -0.39 is 31.3 Å². The second kappa shape index (κ2) is 26.6. The first-order valence-corrected chi connectivity index (χ1v) is 9.24. The molecule has 0 heterocycles. The molecule has 0 amide bonds. The van der Waals surface area contributed by atoms with Gasteiger partial charge in [-0.05, 0) is 0 Å². The predicted octanol–water partition coefficient (Wildman–Crippen LogP) is -5.83. The molecule has 0 saturated heterocycles. The molecule has 14 nitrogen and oxygen atoms in total. The molecule has 0 aromatic carbocycles. The van der Waals surface area contributed by atoms with Crippen molar-refractivity contribution in [1.29, 1.82) is 0 Å². The molecule has 0 fully saturated rings. The van der Waals surface area contributed by atoms with Crippen molar-refractivity contribution < 1.29 is 65.6 Å². The van der Waals surface area contributed by atoms with Gasteiger partial charge in [-0.25, -0.2) is 18.3 Å². The third kappa shape index (κ3) is 42.7. The fourth-order valence-electron chi connectivity index (χ4n) is 0.380. The Morgan fingerprint density at radius 2 is 0.577 bits per heavy atom. The molecule has 0 aliphatic heterocycles. The summed E-state index contributed by atoms with van der Waals surface area (Å²) in [7, 11) is -22.2. The molecule has 26 heteroatoms. The van der Waals surface area contributed by atoms with E-state index in [2.05, 4.69) is 18.0 Å². The molecule has 0 bridgehead atoms. The van der Waals surface area contributed by atoms with E-state index in [0.717, 1.165) is 0 Å². The first kappa shape index (κ1) is 59.6. The van der Waals surface area contributed by atoms with Crippen molar-refractivity contribution in [2.24, 2.45) is 0 Å². The quantitative estimate of drug-likeness (QED) is 0.0758. The van der Waals surface area contributed by atoms with E-state index in [1.807, 2.05) is 0 Å². The molecule has 0 aromatic heterocycles. The van der Waals surface area contributed by atoms with E-state index in [0.29, 0.717) is 0 Å². The molecule has 0 aromatic rings.